The highest BCUT2D eigenvalue weighted by Gasteiger charge is 2.34. The number of hydrogen-bond acceptors (Lipinski definition) is 5. The number of rotatable bonds is 4. The molecular weight excluding hydrogens is 246 g/mol. The summed E-state index contributed by atoms with van der Waals surface area (Å²) in [6, 6.07) is 0. The molecule has 2 heterocycles. The second-order valence-corrected chi connectivity index (χ2v) is 6.22. The summed E-state index contributed by atoms with van der Waals surface area (Å²) in [7, 11) is 0. The third-order valence-electron chi connectivity index (χ3n) is 3.57. The number of aryl methyl sites for hydroxylation is 1. The monoisotopic (exact) mass is 267 g/mol. The first-order valence-corrected chi connectivity index (χ1v) is 7.28. The summed E-state index contributed by atoms with van der Waals surface area (Å²) in [5, 5.41) is 6.25. The van der Waals surface area contributed by atoms with Crippen LogP contribution in [-0.4, -0.2) is 47.4 Å². The van der Waals surface area contributed by atoms with Crippen LogP contribution in [0.15, 0.2) is 5.38 Å². The summed E-state index contributed by atoms with van der Waals surface area (Å²) in [5.74, 6) is 0.263. The lowest BCUT2D eigenvalue weighted by atomic mass is 9.93. The lowest BCUT2D eigenvalue weighted by molar-refractivity contribution is -0.129. The summed E-state index contributed by atoms with van der Waals surface area (Å²) in [4.78, 5) is 19.1. The van der Waals surface area contributed by atoms with Crippen LogP contribution in [0.3, 0.4) is 0 Å². The van der Waals surface area contributed by atoms with Crippen molar-refractivity contribution in [1.82, 2.24) is 15.2 Å². The van der Waals surface area contributed by atoms with Crippen molar-refractivity contribution in [2.75, 3.05) is 26.2 Å². The number of carbonyl (C=O) groups is 1. The van der Waals surface area contributed by atoms with Crippen molar-refractivity contribution in [3.63, 3.8) is 0 Å². The van der Waals surface area contributed by atoms with Gasteiger partial charge in [0, 0.05) is 37.3 Å². The Morgan fingerprint density at radius 3 is 2.72 bits per heavy atom. The van der Waals surface area contributed by atoms with Crippen LogP contribution in [0.1, 0.15) is 24.5 Å². The molecule has 100 valence electrons. The molecule has 0 unspecified atom stereocenters. The van der Waals surface area contributed by atoms with Crippen LogP contribution in [0.25, 0.3) is 0 Å². The first-order chi connectivity index (χ1) is 8.50. The zero-order valence-corrected chi connectivity index (χ0v) is 12.1. The van der Waals surface area contributed by atoms with Crippen molar-refractivity contribution in [2.45, 2.75) is 32.7 Å². The van der Waals surface area contributed by atoms with E-state index in [0.717, 1.165) is 36.9 Å². The molecule has 18 heavy (non-hydrogen) atoms. The van der Waals surface area contributed by atoms with Crippen LogP contribution in [0.2, 0.25) is 0 Å². The summed E-state index contributed by atoms with van der Waals surface area (Å²) < 4.78 is 0. The molecule has 0 aliphatic carbocycles. The number of nitrogens with zero attached hydrogens (tertiary/aromatic N) is 2. The molecule has 1 aliphatic heterocycles. The first-order valence-electron chi connectivity index (χ1n) is 6.40. The number of aromatic nitrogens is 1. The van der Waals surface area contributed by atoms with Gasteiger partial charge in [-0.05, 0) is 20.8 Å². The first kappa shape index (κ1) is 13.6. The lowest BCUT2D eigenvalue weighted by Gasteiger charge is -2.39. The molecule has 1 N–H and O–H groups in total. The van der Waals surface area contributed by atoms with E-state index < -0.39 is 0 Å². The Morgan fingerprint density at radius 2 is 2.17 bits per heavy atom. The van der Waals surface area contributed by atoms with E-state index in [1.54, 1.807) is 11.3 Å². The second-order valence-electron chi connectivity index (χ2n) is 5.28. The third-order valence-corrected chi connectivity index (χ3v) is 4.53. The molecule has 0 amide bonds. The molecule has 1 saturated heterocycles. The fourth-order valence-corrected chi connectivity index (χ4v) is 3.01. The van der Waals surface area contributed by atoms with Crippen LogP contribution in [-0.2, 0) is 11.2 Å². The van der Waals surface area contributed by atoms with Gasteiger partial charge in [0.1, 0.15) is 5.01 Å². The van der Waals surface area contributed by atoms with E-state index in [1.807, 2.05) is 26.2 Å². The third kappa shape index (κ3) is 2.96. The van der Waals surface area contributed by atoms with Crippen LogP contribution in [0.4, 0.5) is 0 Å². The topological polar surface area (TPSA) is 45.2 Å². The zero-order valence-electron chi connectivity index (χ0n) is 11.3. The normalized spacial score (nSPS) is 17.9. The number of thiazole rings is 1. The van der Waals surface area contributed by atoms with Crippen LogP contribution < -0.4 is 5.32 Å². The standard InChI is InChI=1S/C13H21N3OS/c1-10-9-18-12(15-10)8-11(17)13(2,3)16-6-4-14-5-7-16/h9,14H,4-8H2,1-3H3. The van der Waals surface area contributed by atoms with Crippen molar-refractivity contribution in [1.29, 1.82) is 0 Å². The Bertz CT molecular complexity index is 422. The number of nitrogens with one attached hydrogen (secondary N) is 1. The van der Waals surface area contributed by atoms with Crippen LogP contribution in [0, 0.1) is 6.92 Å². The van der Waals surface area contributed by atoms with E-state index in [0.29, 0.717) is 6.42 Å². The molecule has 0 aromatic carbocycles. The maximum Gasteiger partial charge on any atom is 0.159 e. The van der Waals surface area contributed by atoms with Gasteiger partial charge in [0.05, 0.1) is 12.0 Å². The highest BCUT2D eigenvalue weighted by molar-refractivity contribution is 7.09. The molecule has 0 saturated carbocycles. The Labute approximate surface area is 112 Å². The largest absolute Gasteiger partial charge is 0.314 e. The SMILES string of the molecule is Cc1csc(CC(=O)C(C)(C)N2CCNCC2)n1. The number of piperazine rings is 1. The summed E-state index contributed by atoms with van der Waals surface area (Å²) in [5.41, 5.74) is 0.615. The predicted molar refractivity (Wildman–Crippen MR) is 74.1 cm³/mol. The maximum absolute atomic E-state index is 12.4. The van der Waals surface area contributed by atoms with E-state index >= 15 is 0 Å². The zero-order chi connectivity index (χ0) is 13.2. The highest BCUT2D eigenvalue weighted by atomic mass is 32.1. The van der Waals surface area contributed by atoms with Crippen LogP contribution >= 0.6 is 11.3 Å². The molecule has 1 aliphatic rings. The molecule has 2 rings (SSSR count). The van der Waals surface area contributed by atoms with E-state index in [-0.39, 0.29) is 11.3 Å². The molecule has 5 heteroatoms. The predicted octanol–water partition coefficient (Wildman–Crippen LogP) is 1.25. The van der Waals surface area contributed by atoms with Gasteiger partial charge in [0.15, 0.2) is 5.78 Å². The Morgan fingerprint density at radius 1 is 1.50 bits per heavy atom. The van der Waals surface area contributed by atoms with Crippen molar-refractivity contribution in [3.05, 3.63) is 16.1 Å². The Balaban J connectivity index is 2.02. The van der Waals surface area contributed by atoms with Gasteiger partial charge in [-0.15, -0.1) is 11.3 Å². The summed E-state index contributed by atoms with van der Waals surface area (Å²) in [6.07, 6.45) is 0.454. The summed E-state index contributed by atoms with van der Waals surface area (Å²) in [6.45, 7) is 9.83. The average Bonchev–Trinajstić information content (AvgIpc) is 2.76. The molecule has 1 fully saturated rings. The van der Waals surface area contributed by atoms with E-state index in [4.69, 9.17) is 0 Å². The number of hydrogen-bond donors (Lipinski definition) is 1. The minimum absolute atomic E-state index is 0.263. The number of carbonyl (C=O) groups excluding carboxylic acids is 1. The molecule has 0 spiro atoms. The minimum atomic E-state index is -0.387. The minimum Gasteiger partial charge on any atom is -0.314 e. The van der Waals surface area contributed by atoms with Gasteiger partial charge >= 0.3 is 0 Å². The van der Waals surface area contributed by atoms with Gasteiger partial charge in [0.2, 0.25) is 0 Å². The van der Waals surface area contributed by atoms with E-state index in [2.05, 4.69) is 15.2 Å². The van der Waals surface area contributed by atoms with Gasteiger partial charge in [-0.2, -0.15) is 0 Å². The Hall–Kier alpha value is -0.780. The molecule has 1 aromatic heterocycles. The Kier molecular flexibility index (Phi) is 4.14. The molecule has 1 aromatic rings. The van der Waals surface area contributed by atoms with Crippen molar-refractivity contribution >= 4 is 17.1 Å². The fourth-order valence-electron chi connectivity index (χ4n) is 2.24. The van der Waals surface area contributed by atoms with Crippen molar-refractivity contribution < 1.29 is 4.79 Å². The van der Waals surface area contributed by atoms with Crippen molar-refractivity contribution in [2.24, 2.45) is 0 Å². The van der Waals surface area contributed by atoms with Gasteiger partial charge in [-0.25, -0.2) is 4.98 Å². The molecule has 0 radical (unpaired) electrons. The molecule has 0 atom stereocenters. The smallest absolute Gasteiger partial charge is 0.159 e. The van der Waals surface area contributed by atoms with E-state index in [1.165, 1.54) is 0 Å². The lowest BCUT2D eigenvalue weighted by Crippen LogP contribution is -2.57. The van der Waals surface area contributed by atoms with Gasteiger partial charge in [-0.3, -0.25) is 9.69 Å². The molecule has 0 bridgehead atoms. The van der Waals surface area contributed by atoms with Crippen LogP contribution in [0.5, 0.6) is 0 Å². The number of Topliss-reactive ketones (excluding diaryl/α,β-unsaturated/α-hetero) is 1. The maximum atomic E-state index is 12.4. The van der Waals surface area contributed by atoms with Crippen molar-refractivity contribution in [3.8, 4) is 0 Å². The fraction of sp³-hybridized carbons (Fsp3) is 0.692. The molecular formula is C13H21N3OS. The molecule has 4 nitrogen and oxygen atoms in total. The quantitative estimate of drug-likeness (QED) is 0.892. The van der Waals surface area contributed by atoms with Gasteiger partial charge < -0.3 is 5.32 Å². The van der Waals surface area contributed by atoms with Gasteiger partial charge in [-0.1, -0.05) is 0 Å². The second kappa shape index (κ2) is 5.47. The summed E-state index contributed by atoms with van der Waals surface area (Å²) >= 11 is 1.58. The van der Waals surface area contributed by atoms with Gasteiger partial charge in [0.25, 0.3) is 0 Å². The number of ketones is 1. The van der Waals surface area contributed by atoms with E-state index in [9.17, 15) is 4.79 Å². The average molecular weight is 267 g/mol. The highest BCUT2D eigenvalue weighted by Crippen LogP contribution is 2.20.